The minimum atomic E-state index is -0.279. The zero-order valence-electron chi connectivity index (χ0n) is 15.9. The summed E-state index contributed by atoms with van der Waals surface area (Å²) in [5, 5.41) is 4.38. The molecule has 7 heteroatoms. The van der Waals surface area contributed by atoms with Crippen LogP contribution in [0.2, 0.25) is 0 Å². The summed E-state index contributed by atoms with van der Waals surface area (Å²) in [6, 6.07) is 0. The number of piperidine rings is 1. The lowest BCUT2D eigenvalue weighted by Gasteiger charge is -2.30. The summed E-state index contributed by atoms with van der Waals surface area (Å²) in [7, 11) is 0. The van der Waals surface area contributed by atoms with E-state index in [0.717, 1.165) is 47.0 Å². The number of ether oxygens (including phenoxy) is 1. The highest BCUT2D eigenvalue weighted by Gasteiger charge is 2.20. The van der Waals surface area contributed by atoms with Gasteiger partial charge in [0.25, 0.3) is 0 Å². The van der Waals surface area contributed by atoms with Gasteiger partial charge in [0.1, 0.15) is 21.9 Å². The Bertz CT molecular complexity index is 753. The number of esters is 1. The fourth-order valence-corrected chi connectivity index (χ4v) is 4.43. The second-order valence-corrected chi connectivity index (χ2v) is 7.98. The van der Waals surface area contributed by atoms with Crippen LogP contribution in [0, 0.1) is 12.8 Å². The molecular weight excluding hydrogens is 348 g/mol. The molecule has 26 heavy (non-hydrogen) atoms. The second kappa shape index (κ2) is 8.77. The number of aromatic nitrogens is 2. The van der Waals surface area contributed by atoms with Crippen molar-refractivity contribution in [1.82, 2.24) is 14.9 Å². The summed E-state index contributed by atoms with van der Waals surface area (Å²) in [6.07, 6.45) is 5.25. The van der Waals surface area contributed by atoms with Crippen LogP contribution in [0.5, 0.6) is 0 Å². The molecule has 0 aliphatic carbocycles. The largest absolute Gasteiger partial charge is 0.462 e. The van der Waals surface area contributed by atoms with E-state index in [1.807, 2.05) is 13.8 Å². The predicted octanol–water partition coefficient (Wildman–Crippen LogP) is 3.71. The SMILES string of the molecule is CCOC(=O)c1sc2ncnc(NCCCN3CCC(C)CC3)c2c1C. The fourth-order valence-electron chi connectivity index (χ4n) is 3.39. The van der Waals surface area contributed by atoms with E-state index in [0.29, 0.717) is 11.5 Å². The molecule has 2 aromatic rings. The molecular formula is C19H28N4O2S. The van der Waals surface area contributed by atoms with Crippen LogP contribution in [0.25, 0.3) is 10.2 Å². The first-order chi connectivity index (χ1) is 12.6. The second-order valence-electron chi connectivity index (χ2n) is 6.98. The number of likely N-dealkylation sites (tertiary alicyclic amines) is 1. The molecule has 0 amide bonds. The highest BCUT2D eigenvalue weighted by atomic mass is 32.1. The van der Waals surface area contributed by atoms with Gasteiger partial charge in [-0.2, -0.15) is 0 Å². The van der Waals surface area contributed by atoms with Gasteiger partial charge in [0.05, 0.1) is 12.0 Å². The van der Waals surface area contributed by atoms with Crippen LogP contribution >= 0.6 is 11.3 Å². The number of anilines is 1. The third-order valence-corrected chi connectivity index (χ3v) is 6.19. The van der Waals surface area contributed by atoms with E-state index in [4.69, 9.17) is 4.74 Å². The third-order valence-electron chi connectivity index (χ3n) is 5.01. The van der Waals surface area contributed by atoms with E-state index in [1.54, 1.807) is 6.33 Å². The molecule has 6 nitrogen and oxygen atoms in total. The summed E-state index contributed by atoms with van der Waals surface area (Å²) < 4.78 is 5.15. The molecule has 0 radical (unpaired) electrons. The molecule has 1 N–H and O–H groups in total. The van der Waals surface area contributed by atoms with Gasteiger partial charge in [0.2, 0.25) is 0 Å². The Morgan fingerprint density at radius 3 is 2.88 bits per heavy atom. The molecule has 142 valence electrons. The smallest absolute Gasteiger partial charge is 0.348 e. The van der Waals surface area contributed by atoms with Gasteiger partial charge in [0, 0.05) is 6.54 Å². The van der Waals surface area contributed by atoms with Crippen LogP contribution in [0.4, 0.5) is 5.82 Å². The van der Waals surface area contributed by atoms with Crippen molar-refractivity contribution in [2.75, 3.05) is 38.1 Å². The lowest BCUT2D eigenvalue weighted by atomic mass is 9.99. The number of fused-ring (bicyclic) bond motifs is 1. The first-order valence-electron chi connectivity index (χ1n) is 9.47. The molecule has 3 rings (SSSR count). The molecule has 0 aromatic carbocycles. The molecule has 1 aliphatic heterocycles. The van der Waals surface area contributed by atoms with Gasteiger partial charge in [-0.05, 0) is 64.2 Å². The summed E-state index contributed by atoms with van der Waals surface area (Å²) >= 11 is 1.37. The Kier molecular flexibility index (Phi) is 6.43. The predicted molar refractivity (Wildman–Crippen MR) is 106 cm³/mol. The van der Waals surface area contributed by atoms with Gasteiger partial charge in [-0.25, -0.2) is 14.8 Å². The number of thiophene rings is 1. The highest BCUT2D eigenvalue weighted by molar-refractivity contribution is 7.20. The van der Waals surface area contributed by atoms with Crippen molar-refractivity contribution in [2.45, 2.75) is 40.0 Å². The average molecular weight is 377 g/mol. The van der Waals surface area contributed by atoms with E-state index >= 15 is 0 Å². The quantitative estimate of drug-likeness (QED) is 0.587. The van der Waals surface area contributed by atoms with E-state index in [2.05, 4.69) is 27.1 Å². The number of hydrogen-bond acceptors (Lipinski definition) is 7. The van der Waals surface area contributed by atoms with Gasteiger partial charge in [-0.1, -0.05) is 6.92 Å². The van der Waals surface area contributed by atoms with Gasteiger partial charge in [0.15, 0.2) is 0 Å². The zero-order valence-corrected chi connectivity index (χ0v) is 16.7. The first kappa shape index (κ1) is 19.0. The lowest BCUT2D eigenvalue weighted by Crippen LogP contribution is -2.34. The van der Waals surface area contributed by atoms with Crippen molar-refractivity contribution in [2.24, 2.45) is 5.92 Å². The van der Waals surface area contributed by atoms with Crippen molar-refractivity contribution in [3.8, 4) is 0 Å². The summed E-state index contributed by atoms with van der Waals surface area (Å²) in [5.41, 5.74) is 0.900. The van der Waals surface area contributed by atoms with E-state index in [1.165, 1.54) is 37.3 Å². The topological polar surface area (TPSA) is 67.3 Å². The van der Waals surface area contributed by atoms with Crippen molar-refractivity contribution < 1.29 is 9.53 Å². The monoisotopic (exact) mass is 376 g/mol. The molecule has 3 heterocycles. The molecule has 1 fully saturated rings. The van der Waals surface area contributed by atoms with Crippen LogP contribution in [-0.4, -0.2) is 53.6 Å². The number of carbonyl (C=O) groups excluding carboxylic acids is 1. The summed E-state index contributed by atoms with van der Waals surface area (Å²) in [4.78, 5) is 24.8. The molecule has 0 atom stereocenters. The maximum Gasteiger partial charge on any atom is 0.348 e. The number of nitrogens with zero attached hydrogens (tertiary/aromatic N) is 3. The van der Waals surface area contributed by atoms with Crippen LogP contribution in [0.15, 0.2) is 6.33 Å². The van der Waals surface area contributed by atoms with Crippen molar-refractivity contribution in [3.05, 3.63) is 16.8 Å². The van der Waals surface area contributed by atoms with Crippen LogP contribution in [0.3, 0.4) is 0 Å². The fraction of sp³-hybridized carbons (Fsp3) is 0.632. The van der Waals surface area contributed by atoms with Crippen molar-refractivity contribution in [3.63, 3.8) is 0 Å². The number of carbonyl (C=O) groups is 1. The zero-order chi connectivity index (χ0) is 18.5. The van der Waals surface area contributed by atoms with E-state index in [-0.39, 0.29) is 5.97 Å². The number of nitrogens with one attached hydrogen (secondary N) is 1. The van der Waals surface area contributed by atoms with E-state index in [9.17, 15) is 4.79 Å². The Labute approximate surface area is 159 Å². The number of rotatable bonds is 7. The first-order valence-corrected chi connectivity index (χ1v) is 10.3. The molecule has 0 bridgehead atoms. The maximum absolute atomic E-state index is 12.1. The molecule has 0 spiro atoms. The Morgan fingerprint density at radius 1 is 1.38 bits per heavy atom. The lowest BCUT2D eigenvalue weighted by molar-refractivity contribution is 0.0531. The Morgan fingerprint density at radius 2 is 2.15 bits per heavy atom. The molecule has 2 aromatic heterocycles. The average Bonchev–Trinajstić information content (AvgIpc) is 2.98. The van der Waals surface area contributed by atoms with Crippen LogP contribution < -0.4 is 5.32 Å². The van der Waals surface area contributed by atoms with Gasteiger partial charge in [-0.3, -0.25) is 0 Å². The summed E-state index contributed by atoms with van der Waals surface area (Å²) in [6.45, 7) is 10.9. The normalized spacial score (nSPS) is 16.1. The molecule has 0 saturated carbocycles. The highest BCUT2D eigenvalue weighted by Crippen LogP contribution is 2.33. The number of hydrogen-bond donors (Lipinski definition) is 1. The van der Waals surface area contributed by atoms with Gasteiger partial charge in [-0.15, -0.1) is 11.3 Å². The minimum absolute atomic E-state index is 0.279. The van der Waals surface area contributed by atoms with E-state index < -0.39 is 0 Å². The molecule has 0 unspecified atom stereocenters. The minimum Gasteiger partial charge on any atom is -0.462 e. The van der Waals surface area contributed by atoms with Crippen molar-refractivity contribution in [1.29, 1.82) is 0 Å². The van der Waals surface area contributed by atoms with Gasteiger partial charge < -0.3 is 15.0 Å². The van der Waals surface area contributed by atoms with Gasteiger partial charge >= 0.3 is 5.97 Å². The Hall–Kier alpha value is -1.73. The number of aryl methyl sites for hydroxylation is 1. The van der Waals surface area contributed by atoms with Crippen LogP contribution in [-0.2, 0) is 4.74 Å². The van der Waals surface area contributed by atoms with Crippen molar-refractivity contribution >= 4 is 33.3 Å². The third kappa shape index (κ3) is 4.32. The Balaban J connectivity index is 1.62. The summed E-state index contributed by atoms with van der Waals surface area (Å²) in [5.74, 6) is 1.40. The standard InChI is InChI=1S/C19H28N4O2S/c1-4-25-19(24)16-14(3)15-17(21-12-22-18(15)26-16)20-8-5-9-23-10-6-13(2)7-11-23/h12-13H,4-11H2,1-3H3,(H,20,21,22). The maximum atomic E-state index is 12.1. The molecule has 1 aliphatic rings. The molecule has 1 saturated heterocycles. The van der Waals surface area contributed by atoms with Crippen LogP contribution in [0.1, 0.15) is 48.3 Å².